The number of ether oxygens (including phenoxy) is 2. The summed E-state index contributed by atoms with van der Waals surface area (Å²) in [4.78, 5) is 18.5. The summed E-state index contributed by atoms with van der Waals surface area (Å²) in [6, 6.07) is 12.1. The highest BCUT2D eigenvalue weighted by Gasteiger charge is 2.25. The van der Waals surface area contributed by atoms with E-state index in [1.165, 1.54) is 5.56 Å². The van der Waals surface area contributed by atoms with Crippen LogP contribution in [0.4, 0.5) is 5.82 Å². The molecule has 0 N–H and O–H groups in total. The van der Waals surface area contributed by atoms with Crippen LogP contribution in [0.5, 0.6) is 11.5 Å². The molecule has 7 nitrogen and oxygen atoms in total. The van der Waals surface area contributed by atoms with Crippen molar-refractivity contribution in [2.75, 3.05) is 46.3 Å². The van der Waals surface area contributed by atoms with Crippen molar-refractivity contribution in [1.29, 1.82) is 0 Å². The minimum atomic E-state index is 0.352. The van der Waals surface area contributed by atoms with Crippen LogP contribution < -0.4 is 14.4 Å². The Hall–Kier alpha value is -3.19. The Bertz CT molecular complexity index is 1040. The zero-order chi connectivity index (χ0) is 22.5. The zero-order valence-electron chi connectivity index (χ0n) is 19.3. The lowest BCUT2D eigenvalue weighted by Crippen LogP contribution is -2.34. The summed E-state index contributed by atoms with van der Waals surface area (Å²) >= 11 is 0. The number of hydrogen-bond acceptors (Lipinski definition) is 7. The van der Waals surface area contributed by atoms with E-state index in [2.05, 4.69) is 22.0 Å². The normalized spacial score (nSPS) is 16.6. The molecule has 3 aromatic rings. The molecule has 2 aromatic heterocycles. The van der Waals surface area contributed by atoms with Gasteiger partial charge in [-0.25, -0.2) is 9.97 Å². The summed E-state index contributed by atoms with van der Waals surface area (Å²) in [5, 5.41) is 0. The lowest BCUT2D eigenvalue weighted by atomic mass is 9.93. The third-order valence-corrected chi connectivity index (χ3v) is 5.92. The minimum Gasteiger partial charge on any atom is -0.497 e. The standard InChI is InChI=1S/C25H31N5O2/c1-29(2)24-14-22(27-25(28-24)18-7-5-11-26-15-18)19-8-6-12-30(16-19)17-20-9-10-21(31-3)13-23(20)32-4/h5,7,9-11,13-15,19H,6,8,12,16-17H2,1-4H3/t19-/m1/s1. The predicted octanol–water partition coefficient (Wildman–Crippen LogP) is 4.00. The molecule has 7 heteroatoms. The number of nitrogens with zero attached hydrogens (tertiary/aromatic N) is 5. The molecule has 4 rings (SSSR count). The van der Waals surface area contributed by atoms with Crippen molar-refractivity contribution in [3.05, 3.63) is 60.0 Å². The van der Waals surface area contributed by atoms with Crippen LogP contribution in [0.2, 0.25) is 0 Å². The van der Waals surface area contributed by atoms with Gasteiger partial charge in [-0.15, -0.1) is 0 Å². The summed E-state index contributed by atoms with van der Waals surface area (Å²) in [5.41, 5.74) is 3.20. The quantitative estimate of drug-likeness (QED) is 0.558. The predicted molar refractivity (Wildman–Crippen MR) is 126 cm³/mol. The van der Waals surface area contributed by atoms with Gasteiger partial charge in [0.2, 0.25) is 0 Å². The van der Waals surface area contributed by atoms with Gasteiger partial charge in [-0.05, 0) is 37.6 Å². The Kier molecular flexibility index (Phi) is 6.85. The van der Waals surface area contributed by atoms with Crippen LogP contribution in [-0.4, -0.2) is 61.3 Å². The average Bonchev–Trinajstić information content (AvgIpc) is 2.84. The van der Waals surface area contributed by atoms with E-state index < -0.39 is 0 Å². The van der Waals surface area contributed by atoms with E-state index in [1.807, 2.05) is 49.5 Å². The van der Waals surface area contributed by atoms with Crippen LogP contribution in [0.3, 0.4) is 0 Å². The van der Waals surface area contributed by atoms with Crippen molar-refractivity contribution in [2.24, 2.45) is 0 Å². The van der Waals surface area contributed by atoms with E-state index in [9.17, 15) is 0 Å². The summed E-state index contributed by atoms with van der Waals surface area (Å²) < 4.78 is 10.9. The Labute approximate surface area is 190 Å². The fourth-order valence-corrected chi connectivity index (χ4v) is 4.18. The zero-order valence-corrected chi connectivity index (χ0v) is 19.3. The molecule has 0 spiro atoms. The maximum absolute atomic E-state index is 5.61. The fourth-order valence-electron chi connectivity index (χ4n) is 4.18. The van der Waals surface area contributed by atoms with Crippen molar-refractivity contribution in [2.45, 2.75) is 25.3 Å². The lowest BCUT2D eigenvalue weighted by molar-refractivity contribution is 0.196. The molecule has 1 fully saturated rings. The first-order chi connectivity index (χ1) is 15.6. The molecule has 1 aliphatic rings. The Morgan fingerprint density at radius 3 is 2.69 bits per heavy atom. The summed E-state index contributed by atoms with van der Waals surface area (Å²) in [5.74, 6) is 3.67. The van der Waals surface area contributed by atoms with Crippen LogP contribution in [0.25, 0.3) is 11.4 Å². The van der Waals surface area contributed by atoms with Crippen molar-refractivity contribution in [3.8, 4) is 22.9 Å². The van der Waals surface area contributed by atoms with Gasteiger partial charge in [-0.2, -0.15) is 0 Å². The number of piperidine rings is 1. The molecule has 3 heterocycles. The maximum atomic E-state index is 5.61. The van der Waals surface area contributed by atoms with Crippen LogP contribution in [0, 0.1) is 0 Å². The van der Waals surface area contributed by atoms with Crippen LogP contribution in [0.1, 0.15) is 30.0 Å². The second kappa shape index (κ2) is 9.96. The second-order valence-electron chi connectivity index (χ2n) is 8.36. The Morgan fingerprint density at radius 1 is 1.09 bits per heavy atom. The Balaban J connectivity index is 1.57. The minimum absolute atomic E-state index is 0.352. The monoisotopic (exact) mass is 433 g/mol. The molecular formula is C25H31N5O2. The number of rotatable bonds is 7. The van der Waals surface area contributed by atoms with E-state index in [0.29, 0.717) is 5.92 Å². The summed E-state index contributed by atoms with van der Waals surface area (Å²) in [6.07, 6.45) is 5.84. The highest BCUT2D eigenvalue weighted by molar-refractivity contribution is 5.57. The summed E-state index contributed by atoms with van der Waals surface area (Å²) in [6.45, 7) is 2.85. The number of aromatic nitrogens is 3. The van der Waals surface area contributed by atoms with E-state index in [4.69, 9.17) is 19.4 Å². The molecule has 0 radical (unpaired) electrons. The number of benzene rings is 1. The average molecular weight is 434 g/mol. The smallest absolute Gasteiger partial charge is 0.163 e. The van der Waals surface area contributed by atoms with Gasteiger partial charge in [-0.3, -0.25) is 9.88 Å². The van der Waals surface area contributed by atoms with Crippen molar-refractivity contribution >= 4 is 5.82 Å². The van der Waals surface area contributed by atoms with Gasteiger partial charge in [0.25, 0.3) is 0 Å². The lowest BCUT2D eigenvalue weighted by Gasteiger charge is -2.33. The topological polar surface area (TPSA) is 63.6 Å². The molecule has 1 aliphatic heterocycles. The van der Waals surface area contributed by atoms with E-state index >= 15 is 0 Å². The fraction of sp³-hybridized carbons (Fsp3) is 0.400. The van der Waals surface area contributed by atoms with Gasteiger partial charge >= 0.3 is 0 Å². The van der Waals surface area contributed by atoms with Crippen molar-refractivity contribution in [1.82, 2.24) is 19.9 Å². The number of pyridine rings is 1. The highest BCUT2D eigenvalue weighted by Crippen LogP contribution is 2.32. The molecule has 1 saturated heterocycles. The number of methoxy groups -OCH3 is 2. The highest BCUT2D eigenvalue weighted by atomic mass is 16.5. The largest absolute Gasteiger partial charge is 0.497 e. The molecule has 0 unspecified atom stereocenters. The van der Waals surface area contributed by atoms with Gasteiger partial charge in [0.05, 0.1) is 19.9 Å². The van der Waals surface area contributed by atoms with Gasteiger partial charge in [0.15, 0.2) is 5.82 Å². The van der Waals surface area contributed by atoms with Gasteiger partial charge in [0, 0.05) is 68.8 Å². The van der Waals surface area contributed by atoms with E-state index in [-0.39, 0.29) is 0 Å². The first kappa shape index (κ1) is 22.0. The molecular weight excluding hydrogens is 402 g/mol. The van der Waals surface area contributed by atoms with Crippen LogP contribution in [0.15, 0.2) is 48.8 Å². The van der Waals surface area contributed by atoms with E-state index in [0.717, 1.165) is 66.9 Å². The Morgan fingerprint density at radius 2 is 1.97 bits per heavy atom. The third kappa shape index (κ3) is 4.99. The van der Waals surface area contributed by atoms with Gasteiger partial charge in [-0.1, -0.05) is 6.07 Å². The third-order valence-electron chi connectivity index (χ3n) is 5.92. The van der Waals surface area contributed by atoms with Crippen molar-refractivity contribution in [3.63, 3.8) is 0 Å². The first-order valence-electron chi connectivity index (χ1n) is 11.0. The van der Waals surface area contributed by atoms with Crippen LogP contribution in [-0.2, 0) is 6.54 Å². The SMILES string of the molecule is COc1ccc(CN2CCC[C@@H](c3cc(N(C)C)nc(-c4cccnc4)n3)C2)c(OC)c1. The van der Waals surface area contributed by atoms with Gasteiger partial charge < -0.3 is 14.4 Å². The first-order valence-corrected chi connectivity index (χ1v) is 11.0. The number of hydrogen-bond donors (Lipinski definition) is 0. The number of anilines is 1. The number of likely N-dealkylation sites (tertiary alicyclic amines) is 1. The molecule has 0 saturated carbocycles. The molecule has 32 heavy (non-hydrogen) atoms. The molecule has 0 bridgehead atoms. The molecule has 0 amide bonds. The second-order valence-corrected chi connectivity index (χ2v) is 8.36. The summed E-state index contributed by atoms with van der Waals surface area (Å²) in [7, 11) is 7.42. The maximum Gasteiger partial charge on any atom is 0.163 e. The molecule has 1 aromatic carbocycles. The van der Waals surface area contributed by atoms with Crippen LogP contribution >= 0.6 is 0 Å². The van der Waals surface area contributed by atoms with Gasteiger partial charge in [0.1, 0.15) is 17.3 Å². The molecule has 0 aliphatic carbocycles. The molecule has 1 atom stereocenters. The molecule has 168 valence electrons. The van der Waals surface area contributed by atoms with E-state index in [1.54, 1.807) is 20.4 Å². The van der Waals surface area contributed by atoms with Crippen molar-refractivity contribution < 1.29 is 9.47 Å².